The summed E-state index contributed by atoms with van der Waals surface area (Å²) in [6.07, 6.45) is 0.372. The van der Waals surface area contributed by atoms with Gasteiger partial charge in [0.2, 0.25) is 0 Å². The van der Waals surface area contributed by atoms with Gasteiger partial charge in [0, 0.05) is 0 Å². The molecule has 25 heavy (non-hydrogen) atoms. The summed E-state index contributed by atoms with van der Waals surface area (Å²) in [7, 11) is -1.40. The Kier molecular flexibility index (Phi) is 8.44. The molecule has 1 rings (SSSR count). The Hall–Kier alpha value is -1.05. The van der Waals surface area contributed by atoms with Crippen LogP contribution in [0, 0.1) is 11.5 Å². The first kappa shape index (κ1) is 22.0. The normalized spacial score (nSPS) is 14.2. The van der Waals surface area contributed by atoms with E-state index < -0.39 is 24.6 Å². The standard InChI is InChI=1S/C20H30O3SeSi/c1-20(2,3)23-19(22)18(24-16-12-8-7-9-13-16)17(21)14-10-11-15-25(4,5)6/h7-9,12-13,17-18,21H,10,14H2,1-6H3/t17-,18-/m0/s1. The van der Waals surface area contributed by atoms with Crippen LogP contribution < -0.4 is 4.46 Å². The Labute approximate surface area is 159 Å². The quantitative estimate of drug-likeness (QED) is 0.433. The van der Waals surface area contributed by atoms with Crippen LogP contribution in [0.15, 0.2) is 30.3 Å². The Bertz CT molecular complexity index is 606. The number of aliphatic hydroxyl groups is 1. The van der Waals surface area contributed by atoms with Gasteiger partial charge >= 0.3 is 160 Å². The number of benzene rings is 1. The zero-order chi connectivity index (χ0) is 19.1. The summed E-state index contributed by atoms with van der Waals surface area (Å²) in [5.41, 5.74) is 2.74. The van der Waals surface area contributed by atoms with Gasteiger partial charge in [0.15, 0.2) is 0 Å². The van der Waals surface area contributed by atoms with Crippen molar-refractivity contribution in [3.8, 4) is 11.5 Å². The Morgan fingerprint density at radius 1 is 1.24 bits per heavy atom. The third kappa shape index (κ3) is 9.86. The molecule has 2 atom stereocenters. The fourth-order valence-electron chi connectivity index (χ4n) is 1.99. The van der Waals surface area contributed by atoms with Gasteiger partial charge in [-0.1, -0.05) is 0 Å². The average Bonchev–Trinajstić information content (AvgIpc) is 2.47. The third-order valence-electron chi connectivity index (χ3n) is 3.02. The molecule has 0 saturated carbocycles. The molecule has 3 nitrogen and oxygen atoms in total. The van der Waals surface area contributed by atoms with Crippen LogP contribution in [0.25, 0.3) is 0 Å². The molecule has 0 amide bonds. The van der Waals surface area contributed by atoms with Crippen LogP contribution in [0.3, 0.4) is 0 Å². The molecule has 0 aliphatic heterocycles. The molecular weight excluding hydrogens is 395 g/mol. The van der Waals surface area contributed by atoms with Gasteiger partial charge in [0.1, 0.15) is 0 Å². The van der Waals surface area contributed by atoms with Gasteiger partial charge in [-0.15, -0.1) is 0 Å². The van der Waals surface area contributed by atoms with Crippen LogP contribution in [0.2, 0.25) is 24.5 Å². The minimum atomic E-state index is -1.40. The van der Waals surface area contributed by atoms with Crippen LogP contribution in [-0.2, 0) is 9.53 Å². The fourth-order valence-corrected chi connectivity index (χ4v) is 4.84. The molecule has 1 aromatic carbocycles. The van der Waals surface area contributed by atoms with Gasteiger partial charge in [0.05, 0.1) is 0 Å². The van der Waals surface area contributed by atoms with E-state index in [1.165, 1.54) is 0 Å². The fraction of sp³-hybridized carbons (Fsp3) is 0.550. The number of aliphatic hydroxyl groups excluding tert-OH is 1. The second-order valence-electron chi connectivity index (χ2n) is 8.04. The molecule has 138 valence electrons. The van der Waals surface area contributed by atoms with E-state index in [2.05, 4.69) is 31.1 Å². The third-order valence-corrected chi connectivity index (χ3v) is 6.69. The first-order valence-corrected chi connectivity index (χ1v) is 14.0. The molecule has 1 N–H and O–H groups in total. The molecular formula is C20H30O3SeSi. The van der Waals surface area contributed by atoms with Gasteiger partial charge in [-0.2, -0.15) is 0 Å². The van der Waals surface area contributed by atoms with Crippen molar-refractivity contribution in [2.45, 2.75) is 69.8 Å². The summed E-state index contributed by atoms with van der Waals surface area (Å²) in [6.45, 7) is 12.1. The molecule has 0 unspecified atom stereocenters. The van der Waals surface area contributed by atoms with E-state index in [9.17, 15) is 9.90 Å². The van der Waals surface area contributed by atoms with E-state index in [1.54, 1.807) is 0 Å². The van der Waals surface area contributed by atoms with Gasteiger partial charge < -0.3 is 0 Å². The molecule has 0 bridgehead atoms. The second-order valence-corrected chi connectivity index (χ2v) is 15.3. The van der Waals surface area contributed by atoms with E-state index >= 15 is 0 Å². The molecule has 0 heterocycles. The first-order valence-electron chi connectivity index (χ1n) is 8.60. The zero-order valence-corrected chi connectivity index (χ0v) is 18.8. The van der Waals surface area contributed by atoms with Crippen molar-refractivity contribution in [2.75, 3.05) is 0 Å². The molecule has 0 aromatic heterocycles. The van der Waals surface area contributed by atoms with Crippen molar-refractivity contribution in [3.05, 3.63) is 30.3 Å². The van der Waals surface area contributed by atoms with Gasteiger partial charge in [-0.25, -0.2) is 0 Å². The van der Waals surface area contributed by atoms with Gasteiger partial charge in [-0.05, 0) is 0 Å². The van der Waals surface area contributed by atoms with Crippen molar-refractivity contribution in [3.63, 3.8) is 0 Å². The average molecular weight is 426 g/mol. The number of esters is 1. The van der Waals surface area contributed by atoms with Crippen molar-refractivity contribution >= 4 is 33.5 Å². The zero-order valence-electron chi connectivity index (χ0n) is 16.1. The Morgan fingerprint density at radius 2 is 1.84 bits per heavy atom. The van der Waals surface area contributed by atoms with E-state index in [4.69, 9.17) is 4.74 Å². The maximum absolute atomic E-state index is 12.6. The van der Waals surface area contributed by atoms with Gasteiger partial charge in [-0.3, -0.25) is 0 Å². The monoisotopic (exact) mass is 426 g/mol. The summed E-state index contributed by atoms with van der Waals surface area (Å²) >= 11 is -0.185. The molecule has 0 saturated heterocycles. The summed E-state index contributed by atoms with van der Waals surface area (Å²) < 4.78 is 6.62. The number of hydrogen-bond acceptors (Lipinski definition) is 3. The number of rotatable bonds is 6. The molecule has 1 aromatic rings. The SMILES string of the molecule is CC(C)(C)OC(=O)[C@@H]([Se]c1ccccc1)[C@@H](O)CCC#C[Si](C)(C)C. The molecule has 0 fully saturated rings. The van der Waals surface area contributed by atoms with Crippen molar-refractivity contribution in [1.82, 2.24) is 0 Å². The molecule has 5 heteroatoms. The number of carbonyl (C=O) groups excluding carboxylic acids is 1. The summed E-state index contributed by atoms with van der Waals surface area (Å²) in [4.78, 5) is 12.1. The maximum atomic E-state index is 12.6. The second kappa shape index (κ2) is 9.59. The van der Waals surface area contributed by atoms with Crippen molar-refractivity contribution in [1.29, 1.82) is 0 Å². The van der Waals surface area contributed by atoms with Crippen LogP contribution in [-0.4, -0.2) is 45.8 Å². The van der Waals surface area contributed by atoms with E-state index in [1.807, 2.05) is 51.1 Å². The van der Waals surface area contributed by atoms with Gasteiger partial charge in [0.25, 0.3) is 0 Å². The molecule has 0 aliphatic carbocycles. The topological polar surface area (TPSA) is 46.5 Å². The van der Waals surface area contributed by atoms with Crippen LogP contribution >= 0.6 is 0 Å². The Morgan fingerprint density at radius 3 is 2.36 bits per heavy atom. The molecule has 0 radical (unpaired) electrons. The minimum absolute atomic E-state index is 0.185. The first-order chi connectivity index (χ1) is 11.5. The van der Waals surface area contributed by atoms with Crippen molar-refractivity contribution < 1.29 is 14.6 Å². The van der Waals surface area contributed by atoms with Crippen LogP contribution in [0.1, 0.15) is 33.6 Å². The summed E-state index contributed by atoms with van der Waals surface area (Å²) in [5.74, 6) is 2.85. The number of ether oxygens (including phenoxy) is 1. The van der Waals surface area contributed by atoms with Crippen LogP contribution in [0.5, 0.6) is 0 Å². The Balaban J connectivity index is 2.81. The molecule has 0 aliphatic rings. The number of hydrogen-bond donors (Lipinski definition) is 1. The van der Waals surface area contributed by atoms with E-state index in [0.29, 0.717) is 12.8 Å². The predicted octanol–water partition coefficient (Wildman–Crippen LogP) is 3.17. The van der Waals surface area contributed by atoms with Crippen LogP contribution in [0.4, 0.5) is 0 Å². The van der Waals surface area contributed by atoms with E-state index in [-0.39, 0.29) is 20.9 Å². The summed E-state index contributed by atoms with van der Waals surface area (Å²) in [5, 5.41) is 10.6. The predicted molar refractivity (Wildman–Crippen MR) is 108 cm³/mol. The van der Waals surface area contributed by atoms with E-state index in [0.717, 1.165) is 4.46 Å². The van der Waals surface area contributed by atoms with Crippen molar-refractivity contribution in [2.24, 2.45) is 0 Å². The molecule has 0 spiro atoms. The number of carbonyl (C=O) groups is 1. The summed E-state index contributed by atoms with van der Waals surface area (Å²) in [6, 6.07) is 9.85.